The van der Waals surface area contributed by atoms with E-state index in [1.807, 2.05) is 6.07 Å². The van der Waals surface area contributed by atoms with E-state index in [2.05, 4.69) is 29.9 Å². The smallest absolute Gasteiger partial charge is 0.260 e. The molecule has 0 spiro atoms. The fourth-order valence-electron chi connectivity index (χ4n) is 2.86. The summed E-state index contributed by atoms with van der Waals surface area (Å²) in [4.78, 5) is 43.0. The first-order valence-corrected chi connectivity index (χ1v) is 8.11. The predicted octanol–water partition coefficient (Wildman–Crippen LogP) is -0.292. The van der Waals surface area contributed by atoms with E-state index >= 15 is 0 Å². The number of pyridine rings is 1. The van der Waals surface area contributed by atoms with Crippen molar-refractivity contribution in [1.82, 2.24) is 34.6 Å². The molecule has 0 unspecified atom stereocenters. The molecule has 3 aromatic heterocycles. The highest BCUT2D eigenvalue weighted by atomic mass is 16.2. The zero-order valence-electron chi connectivity index (χ0n) is 13.8. The lowest BCUT2D eigenvalue weighted by molar-refractivity contribution is 0.0744. The molecule has 1 saturated heterocycles. The average molecular weight is 352 g/mol. The van der Waals surface area contributed by atoms with E-state index in [0.29, 0.717) is 32.0 Å². The van der Waals surface area contributed by atoms with Crippen LogP contribution in [0.4, 0.5) is 5.82 Å². The van der Waals surface area contributed by atoms with E-state index < -0.39 is 0 Å². The van der Waals surface area contributed by atoms with Gasteiger partial charge in [-0.3, -0.25) is 9.59 Å². The lowest BCUT2D eigenvalue weighted by Crippen LogP contribution is -2.49. The topological polar surface area (TPSA) is 113 Å². The van der Waals surface area contributed by atoms with Crippen LogP contribution in [0.3, 0.4) is 0 Å². The summed E-state index contributed by atoms with van der Waals surface area (Å²) < 4.78 is 1.56. The maximum absolute atomic E-state index is 12.5. The summed E-state index contributed by atoms with van der Waals surface area (Å²) >= 11 is 0. The number of aromatic amines is 1. The second-order valence-corrected chi connectivity index (χ2v) is 5.77. The molecule has 10 nitrogen and oxygen atoms in total. The highest BCUT2D eigenvalue weighted by Gasteiger charge is 2.24. The Labute approximate surface area is 148 Å². The van der Waals surface area contributed by atoms with Gasteiger partial charge in [0.2, 0.25) is 0 Å². The summed E-state index contributed by atoms with van der Waals surface area (Å²) in [6.07, 6.45) is 6.00. The van der Waals surface area contributed by atoms with Gasteiger partial charge in [0.25, 0.3) is 11.5 Å². The fraction of sp³-hybridized carbons (Fsp3) is 0.250. The normalized spacial score (nSPS) is 14.5. The van der Waals surface area contributed by atoms with Gasteiger partial charge in [-0.2, -0.15) is 5.10 Å². The minimum atomic E-state index is -0.367. The number of aromatic nitrogens is 6. The molecule has 0 saturated carbocycles. The SMILES string of the molecule is O=C(c1ccc[nH]c1=O)N1CCN(c2cc(-n3cncn3)ncn2)CC1. The first-order valence-electron chi connectivity index (χ1n) is 8.11. The molecule has 0 atom stereocenters. The second kappa shape index (κ2) is 6.75. The Kier molecular flexibility index (Phi) is 4.14. The van der Waals surface area contributed by atoms with E-state index in [1.165, 1.54) is 18.9 Å². The Hall–Kier alpha value is -3.56. The van der Waals surface area contributed by atoms with E-state index in [1.54, 1.807) is 28.0 Å². The van der Waals surface area contributed by atoms with Gasteiger partial charge in [-0.1, -0.05) is 0 Å². The molecule has 0 aliphatic carbocycles. The summed E-state index contributed by atoms with van der Waals surface area (Å²) in [7, 11) is 0. The van der Waals surface area contributed by atoms with Crippen molar-refractivity contribution in [2.75, 3.05) is 31.1 Å². The number of hydrogen-bond acceptors (Lipinski definition) is 7. The van der Waals surface area contributed by atoms with Crippen molar-refractivity contribution in [1.29, 1.82) is 0 Å². The van der Waals surface area contributed by atoms with E-state index in [4.69, 9.17) is 0 Å². The van der Waals surface area contributed by atoms with Crippen molar-refractivity contribution in [2.24, 2.45) is 0 Å². The zero-order valence-corrected chi connectivity index (χ0v) is 13.8. The summed E-state index contributed by atoms with van der Waals surface area (Å²) in [6.45, 7) is 2.25. The molecule has 1 aliphatic heterocycles. The Morgan fingerprint density at radius 1 is 1.08 bits per heavy atom. The Morgan fingerprint density at radius 2 is 1.88 bits per heavy atom. The van der Waals surface area contributed by atoms with Crippen molar-refractivity contribution >= 4 is 11.7 Å². The van der Waals surface area contributed by atoms with Crippen LogP contribution in [0.2, 0.25) is 0 Å². The summed E-state index contributed by atoms with van der Waals surface area (Å²) in [5.74, 6) is 1.13. The van der Waals surface area contributed by atoms with Crippen LogP contribution in [0.1, 0.15) is 10.4 Å². The number of rotatable bonds is 3. The van der Waals surface area contributed by atoms with Crippen LogP contribution >= 0.6 is 0 Å². The fourth-order valence-corrected chi connectivity index (χ4v) is 2.86. The van der Waals surface area contributed by atoms with Crippen molar-refractivity contribution in [3.8, 4) is 5.82 Å². The Morgan fingerprint density at radius 3 is 2.62 bits per heavy atom. The van der Waals surface area contributed by atoms with Gasteiger partial charge in [-0.05, 0) is 12.1 Å². The number of carbonyl (C=O) groups excluding carboxylic acids is 1. The predicted molar refractivity (Wildman–Crippen MR) is 92.1 cm³/mol. The number of carbonyl (C=O) groups is 1. The molecular formula is C16H16N8O2. The van der Waals surface area contributed by atoms with Gasteiger partial charge < -0.3 is 14.8 Å². The van der Waals surface area contributed by atoms with E-state index in [9.17, 15) is 9.59 Å². The van der Waals surface area contributed by atoms with Crippen molar-refractivity contribution in [3.05, 3.63) is 59.3 Å². The maximum atomic E-state index is 12.5. The van der Waals surface area contributed by atoms with Crippen molar-refractivity contribution in [2.45, 2.75) is 0 Å². The average Bonchev–Trinajstić information content (AvgIpc) is 3.23. The highest BCUT2D eigenvalue weighted by molar-refractivity contribution is 5.93. The molecule has 1 aliphatic rings. The third-order valence-electron chi connectivity index (χ3n) is 4.23. The molecule has 26 heavy (non-hydrogen) atoms. The van der Waals surface area contributed by atoms with Gasteiger partial charge in [-0.15, -0.1) is 0 Å². The molecule has 4 rings (SSSR count). The summed E-state index contributed by atoms with van der Waals surface area (Å²) in [5, 5.41) is 4.06. The van der Waals surface area contributed by atoms with Gasteiger partial charge >= 0.3 is 0 Å². The van der Waals surface area contributed by atoms with Crippen LogP contribution in [0, 0.1) is 0 Å². The molecule has 0 aromatic carbocycles. The van der Waals surface area contributed by atoms with Crippen molar-refractivity contribution in [3.63, 3.8) is 0 Å². The molecule has 4 heterocycles. The number of piperazine rings is 1. The zero-order chi connectivity index (χ0) is 17.9. The molecular weight excluding hydrogens is 336 g/mol. The van der Waals surface area contributed by atoms with Crippen LogP contribution < -0.4 is 10.5 Å². The standard InChI is InChI=1S/C16H16N8O2/c25-15-12(2-1-3-18-15)16(26)23-6-4-22(5-7-23)13-8-14(20-10-19-13)24-11-17-9-21-24/h1-3,8-11H,4-7H2,(H,18,25). The number of hydrogen-bond donors (Lipinski definition) is 1. The van der Waals surface area contributed by atoms with Crippen LogP contribution in [0.15, 0.2) is 48.2 Å². The molecule has 0 bridgehead atoms. The number of nitrogens with one attached hydrogen (secondary N) is 1. The van der Waals surface area contributed by atoms with Gasteiger partial charge in [0.05, 0.1) is 0 Å². The molecule has 0 radical (unpaired) electrons. The summed E-state index contributed by atoms with van der Waals surface area (Å²) in [6, 6.07) is 5.02. The lowest BCUT2D eigenvalue weighted by atomic mass is 10.2. The van der Waals surface area contributed by atoms with Crippen LogP contribution in [-0.4, -0.2) is 66.7 Å². The lowest BCUT2D eigenvalue weighted by Gasteiger charge is -2.35. The Bertz CT molecular complexity index is 960. The minimum absolute atomic E-state index is 0.163. The van der Waals surface area contributed by atoms with Crippen LogP contribution in [0.5, 0.6) is 0 Å². The first kappa shape index (κ1) is 15.9. The second-order valence-electron chi connectivity index (χ2n) is 5.77. The monoisotopic (exact) mass is 352 g/mol. The molecule has 10 heteroatoms. The molecule has 1 fully saturated rings. The first-order chi connectivity index (χ1) is 12.7. The quantitative estimate of drug-likeness (QED) is 0.689. The molecule has 1 amide bonds. The Balaban J connectivity index is 1.46. The summed E-state index contributed by atoms with van der Waals surface area (Å²) in [5.41, 5.74) is -0.204. The van der Waals surface area contributed by atoms with Gasteiger partial charge in [0.15, 0.2) is 5.82 Å². The molecule has 1 N–H and O–H groups in total. The van der Waals surface area contributed by atoms with Crippen molar-refractivity contribution < 1.29 is 4.79 Å². The number of anilines is 1. The maximum Gasteiger partial charge on any atom is 0.260 e. The highest BCUT2D eigenvalue weighted by Crippen LogP contribution is 2.16. The van der Waals surface area contributed by atoms with E-state index in [0.717, 1.165) is 5.82 Å². The van der Waals surface area contributed by atoms with Gasteiger partial charge in [0, 0.05) is 38.4 Å². The van der Waals surface area contributed by atoms with E-state index in [-0.39, 0.29) is 17.0 Å². The number of nitrogens with zero attached hydrogens (tertiary/aromatic N) is 7. The third-order valence-corrected chi connectivity index (χ3v) is 4.23. The number of H-pyrrole nitrogens is 1. The van der Waals surface area contributed by atoms with Gasteiger partial charge in [0.1, 0.15) is 30.4 Å². The van der Waals surface area contributed by atoms with Crippen LogP contribution in [0.25, 0.3) is 5.82 Å². The van der Waals surface area contributed by atoms with Gasteiger partial charge in [-0.25, -0.2) is 19.6 Å². The molecule has 132 valence electrons. The van der Waals surface area contributed by atoms with Crippen LogP contribution in [-0.2, 0) is 0 Å². The molecule has 3 aromatic rings. The third kappa shape index (κ3) is 3.04. The number of amides is 1. The largest absolute Gasteiger partial charge is 0.353 e. The minimum Gasteiger partial charge on any atom is -0.353 e.